The van der Waals surface area contributed by atoms with Gasteiger partial charge in [-0.25, -0.2) is 26.9 Å². The summed E-state index contributed by atoms with van der Waals surface area (Å²) in [5, 5.41) is 19.0. The van der Waals surface area contributed by atoms with Crippen LogP contribution in [0.25, 0.3) is 22.0 Å². The molecule has 4 N–H and O–H groups in total. The molecule has 282 valence electrons. The molecule has 11 nitrogen and oxygen atoms in total. The summed E-state index contributed by atoms with van der Waals surface area (Å²) in [6.07, 6.45) is 0.730. The Labute approximate surface area is 316 Å². The van der Waals surface area contributed by atoms with E-state index < -0.39 is 75.0 Å². The summed E-state index contributed by atoms with van der Waals surface area (Å²) in [5.74, 6) is -4.09. The second-order valence-electron chi connectivity index (χ2n) is 14.1. The molecule has 0 spiro atoms. The molecule has 1 saturated carbocycles. The van der Waals surface area contributed by atoms with Gasteiger partial charge in [0, 0.05) is 41.6 Å². The lowest BCUT2D eigenvalue weighted by Gasteiger charge is -2.29. The first-order valence-corrected chi connectivity index (χ1v) is 19.1. The summed E-state index contributed by atoms with van der Waals surface area (Å²) in [6, 6.07) is 7.09. The second kappa shape index (κ2) is 13.0. The molecule has 1 amide bonds. The Morgan fingerprint density at radius 3 is 2.43 bits per heavy atom. The third-order valence-electron chi connectivity index (χ3n) is 9.44. The summed E-state index contributed by atoms with van der Waals surface area (Å²) in [4.78, 5) is 18.5. The van der Waals surface area contributed by atoms with E-state index in [1.165, 1.54) is 37.7 Å². The number of aliphatic hydroxyl groups is 1. The maximum Gasteiger partial charge on any atom is 0.293 e. The van der Waals surface area contributed by atoms with Crippen molar-refractivity contribution in [1.29, 1.82) is 0 Å². The topological polar surface area (TPSA) is 158 Å². The van der Waals surface area contributed by atoms with Crippen molar-refractivity contribution in [2.75, 3.05) is 11.0 Å². The standard InChI is InChI=1S/C36H31Cl2F4N7O4S/c1-35(2,51)10-9-19-5-6-20(21-7-8-25(37)27-29(21)48(3)46-34(27)47-54(4,52)53)28(44-19)23(13-16-11-17(39)14-18(40)12-16)30(33(43)50)49-31-26(32(38)45-49)22-15-24(22)36(31,41)42/h5-8,11-12,14,22-24,30,51H,13,15H2,1-4H3,(H2,43,50)(H,46,47)/t22-,23+,24+,30?/m0/s1. The number of primary amides is 1. The van der Waals surface area contributed by atoms with E-state index >= 15 is 8.78 Å². The molecule has 1 fully saturated rings. The van der Waals surface area contributed by atoms with Crippen molar-refractivity contribution in [3.8, 4) is 23.0 Å². The maximum atomic E-state index is 16.0. The molecule has 0 aliphatic heterocycles. The number of benzene rings is 2. The van der Waals surface area contributed by atoms with Gasteiger partial charge in [-0.15, -0.1) is 0 Å². The van der Waals surface area contributed by atoms with E-state index in [9.17, 15) is 27.1 Å². The molecule has 5 aromatic rings. The monoisotopic (exact) mass is 803 g/mol. The van der Waals surface area contributed by atoms with Gasteiger partial charge in [0.1, 0.15) is 34.7 Å². The Balaban J connectivity index is 1.54. The van der Waals surface area contributed by atoms with Crippen LogP contribution < -0.4 is 10.5 Å². The summed E-state index contributed by atoms with van der Waals surface area (Å²) in [6.45, 7) is 2.89. The third-order valence-corrected chi connectivity index (χ3v) is 10.6. The number of anilines is 1. The fourth-order valence-corrected chi connectivity index (χ4v) is 8.36. The number of aryl methyl sites for hydroxylation is 1. The zero-order chi connectivity index (χ0) is 39.2. The molecule has 0 radical (unpaired) electrons. The highest BCUT2D eigenvalue weighted by Gasteiger charge is 2.67. The van der Waals surface area contributed by atoms with Crippen molar-refractivity contribution < 1.29 is 35.9 Å². The van der Waals surface area contributed by atoms with Crippen LogP contribution in [0.2, 0.25) is 10.2 Å². The van der Waals surface area contributed by atoms with Crippen LogP contribution in [-0.2, 0) is 34.2 Å². The maximum absolute atomic E-state index is 16.0. The van der Waals surface area contributed by atoms with Crippen molar-refractivity contribution in [3.63, 3.8) is 0 Å². The molecule has 2 aliphatic rings. The van der Waals surface area contributed by atoms with Crippen molar-refractivity contribution in [1.82, 2.24) is 24.5 Å². The smallest absolute Gasteiger partial charge is 0.293 e. The number of pyridine rings is 1. The predicted octanol–water partition coefficient (Wildman–Crippen LogP) is 6.17. The van der Waals surface area contributed by atoms with Crippen LogP contribution in [-0.4, -0.2) is 55.8 Å². The average molecular weight is 805 g/mol. The Morgan fingerprint density at radius 1 is 1.13 bits per heavy atom. The van der Waals surface area contributed by atoms with Crippen molar-refractivity contribution in [3.05, 3.63) is 92.5 Å². The molecule has 18 heteroatoms. The number of halogens is 6. The Kier molecular flexibility index (Phi) is 9.03. The van der Waals surface area contributed by atoms with E-state index in [1.807, 2.05) is 0 Å². The Morgan fingerprint density at radius 2 is 1.80 bits per heavy atom. The number of hydrogen-bond donors (Lipinski definition) is 3. The Hall–Kier alpha value is -4.69. The van der Waals surface area contributed by atoms with Crippen LogP contribution >= 0.6 is 23.2 Å². The molecular formula is C36H31Cl2F4N7O4S. The van der Waals surface area contributed by atoms with E-state index in [4.69, 9.17) is 33.9 Å². The van der Waals surface area contributed by atoms with Gasteiger partial charge in [0.05, 0.1) is 27.9 Å². The van der Waals surface area contributed by atoms with Gasteiger partial charge in [0.15, 0.2) is 11.0 Å². The molecule has 4 atom stereocenters. The molecule has 0 bridgehead atoms. The lowest BCUT2D eigenvalue weighted by molar-refractivity contribution is -0.122. The lowest BCUT2D eigenvalue weighted by Crippen LogP contribution is -2.37. The number of nitrogens with zero attached hydrogens (tertiary/aromatic N) is 5. The number of carbonyl (C=O) groups is 1. The highest BCUT2D eigenvalue weighted by molar-refractivity contribution is 7.92. The first kappa shape index (κ1) is 37.6. The summed E-state index contributed by atoms with van der Waals surface area (Å²) in [5.41, 5.74) is 5.11. The number of fused-ring (bicyclic) bond motifs is 4. The summed E-state index contributed by atoms with van der Waals surface area (Å²) >= 11 is 13.1. The van der Waals surface area contributed by atoms with Crippen LogP contribution in [0.1, 0.15) is 66.4 Å². The number of amides is 1. The SMILES string of the molecule is Cn1nc(NS(C)(=O)=O)c2c(Cl)ccc(-c3ccc(C#CC(C)(C)O)nc3[C@@H](Cc3cc(F)cc(F)c3)C(C(N)=O)n3nc(Cl)c4c3C(F)(F)[C@@H]3C[C@H]43)c21. The fourth-order valence-electron chi connectivity index (χ4n) is 7.32. The molecule has 2 aliphatic carbocycles. The largest absolute Gasteiger partial charge is 0.378 e. The highest BCUT2D eigenvalue weighted by atomic mass is 35.5. The second-order valence-corrected chi connectivity index (χ2v) is 16.6. The average Bonchev–Trinajstić information content (AvgIpc) is 3.61. The number of hydrogen-bond acceptors (Lipinski definition) is 7. The van der Waals surface area contributed by atoms with E-state index in [1.54, 1.807) is 12.1 Å². The lowest BCUT2D eigenvalue weighted by atomic mass is 9.84. The number of alkyl halides is 2. The molecule has 3 heterocycles. The van der Waals surface area contributed by atoms with Crippen LogP contribution in [0.15, 0.2) is 42.5 Å². The number of carbonyl (C=O) groups excluding carboxylic acids is 1. The molecule has 1 unspecified atom stereocenters. The predicted molar refractivity (Wildman–Crippen MR) is 194 cm³/mol. The zero-order valence-corrected chi connectivity index (χ0v) is 31.3. The number of aromatic nitrogens is 5. The molecule has 3 aromatic heterocycles. The van der Waals surface area contributed by atoms with Crippen molar-refractivity contribution in [2.45, 2.75) is 56.1 Å². The van der Waals surface area contributed by atoms with E-state index in [2.05, 4.69) is 26.8 Å². The van der Waals surface area contributed by atoms with Crippen molar-refractivity contribution >= 4 is 55.9 Å². The van der Waals surface area contributed by atoms with E-state index in [0.29, 0.717) is 17.1 Å². The molecule has 0 saturated heterocycles. The van der Waals surface area contributed by atoms with Gasteiger partial charge in [-0.05, 0) is 74.4 Å². The highest BCUT2D eigenvalue weighted by Crippen LogP contribution is 2.68. The number of sulfonamides is 1. The zero-order valence-electron chi connectivity index (χ0n) is 28.9. The van der Waals surface area contributed by atoms with Crippen LogP contribution in [0.4, 0.5) is 23.4 Å². The van der Waals surface area contributed by atoms with Gasteiger partial charge in [-0.1, -0.05) is 35.2 Å². The van der Waals surface area contributed by atoms with Gasteiger partial charge < -0.3 is 10.8 Å². The number of rotatable bonds is 9. The molecule has 7 rings (SSSR count). The molecule has 54 heavy (non-hydrogen) atoms. The molecule has 2 aromatic carbocycles. The minimum Gasteiger partial charge on any atom is -0.378 e. The fraction of sp³-hybridized carbons (Fsp3) is 0.333. The van der Waals surface area contributed by atoms with Crippen LogP contribution in [0, 0.1) is 29.4 Å². The van der Waals surface area contributed by atoms with Gasteiger partial charge >= 0.3 is 0 Å². The first-order valence-electron chi connectivity index (χ1n) is 16.4. The minimum atomic E-state index is -3.83. The summed E-state index contributed by atoms with van der Waals surface area (Å²) in [7, 11) is -2.29. The third kappa shape index (κ3) is 6.78. The number of nitrogens with one attached hydrogen (secondary N) is 1. The van der Waals surface area contributed by atoms with Crippen LogP contribution in [0.3, 0.4) is 0 Å². The van der Waals surface area contributed by atoms with E-state index in [0.717, 1.165) is 23.1 Å². The Bertz CT molecular complexity index is 2560. The number of nitrogens with two attached hydrogens (primary N) is 1. The molecular weight excluding hydrogens is 773 g/mol. The van der Waals surface area contributed by atoms with Gasteiger partial charge in [-0.3, -0.25) is 14.2 Å². The normalized spacial score (nSPS) is 18.4. The summed E-state index contributed by atoms with van der Waals surface area (Å²) < 4.78 is 90.4. The minimum absolute atomic E-state index is 0.000283. The van der Waals surface area contributed by atoms with E-state index in [-0.39, 0.29) is 55.9 Å². The van der Waals surface area contributed by atoms with Gasteiger partial charge in [0.2, 0.25) is 15.9 Å². The van der Waals surface area contributed by atoms with Gasteiger partial charge in [0.25, 0.3) is 5.92 Å². The van der Waals surface area contributed by atoms with Crippen molar-refractivity contribution in [2.24, 2.45) is 18.7 Å². The quantitative estimate of drug-likeness (QED) is 0.119. The first-order chi connectivity index (χ1) is 25.1. The van der Waals surface area contributed by atoms with Gasteiger partial charge in [-0.2, -0.15) is 19.0 Å². The van der Waals surface area contributed by atoms with Crippen LogP contribution in [0.5, 0.6) is 0 Å².